The van der Waals surface area contributed by atoms with E-state index in [1.165, 1.54) is 0 Å². The molecule has 0 fully saturated rings. The molecule has 1 aromatic carbocycles. The third-order valence-electron chi connectivity index (χ3n) is 4.26. The molecule has 26 heavy (non-hydrogen) atoms. The first-order chi connectivity index (χ1) is 12.5. The number of hydrogen-bond donors (Lipinski definition) is 2. The number of ether oxygens (including phenoxy) is 1. The number of carbonyl (C=O) groups excluding carboxylic acids is 2. The summed E-state index contributed by atoms with van der Waals surface area (Å²) in [7, 11) is 1.81. The number of aryl methyl sites for hydroxylation is 2. The maximum absolute atomic E-state index is 12.8. The average Bonchev–Trinajstić information content (AvgIpc) is 2.82. The molecule has 138 valence electrons. The maximum Gasteiger partial charge on any atom is 0.319 e. The van der Waals surface area contributed by atoms with Gasteiger partial charge in [0.2, 0.25) is 0 Å². The van der Waals surface area contributed by atoms with Gasteiger partial charge in [0.25, 0.3) is 5.91 Å². The molecule has 8 heteroatoms. The van der Waals surface area contributed by atoms with Crippen LogP contribution < -0.4 is 15.4 Å². The van der Waals surface area contributed by atoms with E-state index in [1.54, 1.807) is 21.7 Å². The smallest absolute Gasteiger partial charge is 0.319 e. The summed E-state index contributed by atoms with van der Waals surface area (Å²) in [5, 5.41) is 9.73. The minimum atomic E-state index is -0.265. The number of nitrogens with zero attached hydrogens (tertiary/aromatic N) is 3. The van der Waals surface area contributed by atoms with Gasteiger partial charge in [0, 0.05) is 37.1 Å². The summed E-state index contributed by atoms with van der Waals surface area (Å²) in [6.45, 7) is 5.59. The molecule has 3 rings (SSSR count). The number of hydrogen-bond acceptors (Lipinski definition) is 4. The molecule has 2 heterocycles. The van der Waals surface area contributed by atoms with Gasteiger partial charge in [-0.1, -0.05) is 0 Å². The van der Waals surface area contributed by atoms with Gasteiger partial charge in [-0.15, -0.1) is 0 Å². The first kappa shape index (κ1) is 17.8. The minimum absolute atomic E-state index is 0.132. The summed E-state index contributed by atoms with van der Waals surface area (Å²) < 4.78 is 7.44. The first-order valence-corrected chi connectivity index (χ1v) is 8.58. The minimum Gasteiger partial charge on any atom is -0.491 e. The van der Waals surface area contributed by atoms with Crippen molar-refractivity contribution in [3.8, 4) is 5.75 Å². The molecule has 2 aromatic rings. The number of nitrogens with one attached hydrogen (secondary N) is 2. The highest BCUT2D eigenvalue weighted by Crippen LogP contribution is 2.27. The van der Waals surface area contributed by atoms with E-state index in [1.807, 2.05) is 33.0 Å². The van der Waals surface area contributed by atoms with Gasteiger partial charge in [0.05, 0.1) is 6.54 Å². The van der Waals surface area contributed by atoms with Gasteiger partial charge in [-0.25, -0.2) is 4.79 Å². The molecule has 0 bridgehead atoms. The van der Waals surface area contributed by atoms with E-state index in [4.69, 9.17) is 4.74 Å². The Kier molecular flexibility index (Phi) is 5.11. The summed E-state index contributed by atoms with van der Waals surface area (Å²) in [4.78, 5) is 26.2. The van der Waals surface area contributed by atoms with Crippen LogP contribution in [0.3, 0.4) is 0 Å². The van der Waals surface area contributed by atoms with Crippen LogP contribution in [0, 0.1) is 6.92 Å². The monoisotopic (exact) mass is 357 g/mol. The number of rotatable bonds is 3. The lowest BCUT2D eigenvalue weighted by Crippen LogP contribution is -2.32. The Labute approximate surface area is 152 Å². The van der Waals surface area contributed by atoms with Gasteiger partial charge in [0.1, 0.15) is 12.4 Å². The summed E-state index contributed by atoms with van der Waals surface area (Å²) in [6.07, 6.45) is 0. The summed E-state index contributed by atoms with van der Waals surface area (Å²) >= 11 is 0. The van der Waals surface area contributed by atoms with Gasteiger partial charge in [-0.2, -0.15) is 5.10 Å². The van der Waals surface area contributed by atoms with Crippen LogP contribution in [0.25, 0.3) is 0 Å². The fourth-order valence-corrected chi connectivity index (χ4v) is 2.81. The van der Waals surface area contributed by atoms with Crippen LogP contribution in [-0.2, 0) is 13.6 Å². The van der Waals surface area contributed by atoms with Crippen LogP contribution in [0.1, 0.15) is 28.7 Å². The molecule has 0 radical (unpaired) electrons. The topological polar surface area (TPSA) is 88.5 Å². The number of urea groups is 1. The molecular weight excluding hydrogens is 334 g/mol. The highest BCUT2D eigenvalue weighted by molar-refractivity contribution is 5.92. The van der Waals surface area contributed by atoms with E-state index in [-0.39, 0.29) is 11.9 Å². The van der Waals surface area contributed by atoms with Crippen molar-refractivity contribution >= 4 is 17.6 Å². The van der Waals surface area contributed by atoms with Crippen molar-refractivity contribution in [1.29, 1.82) is 0 Å². The van der Waals surface area contributed by atoms with Crippen molar-refractivity contribution in [1.82, 2.24) is 20.0 Å². The van der Waals surface area contributed by atoms with E-state index in [9.17, 15) is 9.59 Å². The molecule has 2 N–H and O–H groups in total. The highest BCUT2D eigenvalue weighted by atomic mass is 16.5. The fraction of sp³-hybridized carbons (Fsp3) is 0.389. The summed E-state index contributed by atoms with van der Waals surface area (Å²) in [5.74, 6) is 0.589. The van der Waals surface area contributed by atoms with Crippen LogP contribution in [-0.4, -0.2) is 46.3 Å². The molecule has 0 saturated heterocycles. The second-order valence-electron chi connectivity index (χ2n) is 6.18. The second-order valence-corrected chi connectivity index (χ2v) is 6.18. The zero-order valence-electron chi connectivity index (χ0n) is 15.2. The molecule has 1 aromatic heterocycles. The molecule has 0 spiro atoms. The predicted octanol–water partition coefficient (Wildman–Crippen LogP) is 1.90. The first-order valence-electron chi connectivity index (χ1n) is 8.58. The van der Waals surface area contributed by atoms with Gasteiger partial charge < -0.3 is 20.3 Å². The third-order valence-corrected chi connectivity index (χ3v) is 4.26. The summed E-state index contributed by atoms with van der Waals surface area (Å²) in [6, 6.07) is 6.95. The van der Waals surface area contributed by atoms with Gasteiger partial charge in [-0.3, -0.25) is 9.48 Å². The third kappa shape index (κ3) is 3.79. The van der Waals surface area contributed by atoms with Crippen molar-refractivity contribution in [2.45, 2.75) is 20.4 Å². The number of aromatic nitrogens is 2. The van der Waals surface area contributed by atoms with Crippen molar-refractivity contribution in [2.75, 3.05) is 25.0 Å². The van der Waals surface area contributed by atoms with Crippen LogP contribution in [0.5, 0.6) is 5.75 Å². The number of anilines is 1. The van der Waals surface area contributed by atoms with E-state index < -0.39 is 0 Å². The van der Waals surface area contributed by atoms with Crippen LogP contribution in [0.2, 0.25) is 0 Å². The lowest BCUT2D eigenvalue weighted by molar-refractivity contribution is 0.0726. The molecule has 0 atom stereocenters. The molecule has 3 amide bonds. The van der Waals surface area contributed by atoms with Gasteiger partial charge in [-0.05, 0) is 38.1 Å². The van der Waals surface area contributed by atoms with Crippen molar-refractivity contribution in [3.63, 3.8) is 0 Å². The number of benzene rings is 1. The summed E-state index contributed by atoms with van der Waals surface area (Å²) in [5.41, 5.74) is 2.84. The fourth-order valence-electron chi connectivity index (χ4n) is 2.81. The Bertz CT molecular complexity index is 811. The van der Waals surface area contributed by atoms with E-state index in [2.05, 4.69) is 15.7 Å². The lowest BCUT2D eigenvalue weighted by atomic mass is 10.1. The second kappa shape index (κ2) is 7.47. The lowest BCUT2D eigenvalue weighted by Gasteiger charge is -2.18. The SMILES string of the molecule is CCNC(=O)Nc1ccc2c(c1)CN(C(=O)c1cc(C)n(C)n1)CCO2. The largest absolute Gasteiger partial charge is 0.491 e. The Morgan fingerprint density at radius 2 is 2.12 bits per heavy atom. The van der Waals surface area contributed by atoms with Gasteiger partial charge in [0.15, 0.2) is 5.69 Å². The molecule has 0 saturated carbocycles. The van der Waals surface area contributed by atoms with E-state index in [0.717, 1.165) is 17.0 Å². The number of amides is 3. The van der Waals surface area contributed by atoms with Crippen molar-refractivity contribution < 1.29 is 14.3 Å². The zero-order chi connectivity index (χ0) is 18.7. The van der Waals surface area contributed by atoms with Crippen LogP contribution in [0.15, 0.2) is 24.3 Å². The Morgan fingerprint density at radius 1 is 1.31 bits per heavy atom. The van der Waals surface area contributed by atoms with E-state index >= 15 is 0 Å². The Hall–Kier alpha value is -3.03. The molecule has 8 nitrogen and oxygen atoms in total. The Balaban J connectivity index is 1.79. The van der Waals surface area contributed by atoms with Gasteiger partial charge >= 0.3 is 6.03 Å². The number of fused-ring (bicyclic) bond motifs is 1. The number of carbonyl (C=O) groups is 2. The zero-order valence-corrected chi connectivity index (χ0v) is 15.2. The molecule has 1 aliphatic heterocycles. The highest BCUT2D eigenvalue weighted by Gasteiger charge is 2.23. The van der Waals surface area contributed by atoms with Crippen molar-refractivity contribution in [2.24, 2.45) is 7.05 Å². The maximum atomic E-state index is 12.8. The Morgan fingerprint density at radius 3 is 2.81 bits per heavy atom. The molecule has 0 unspecified atom stereocenters. The predicted molar refractivity (Wildman–Crippen MR) is 97.3 cm³/mol. The average molecular weight is 357 g/mol. The van der Waals surface area contributed by atoms with E-state index in [0.29, 0.717) is 37.6 Å². The van der Waals surface area contributed by atoms with Crippen LogP contribution in [0.4, 0.5) is 10.5 Å². The normalized spacial score (nSPS) is 13.4. The molecule has 1 aliphatic rings. The van der Waals surface area contributed by atoms with Crippen molar-refractivity contribution in [3.05, 3.63) is 41.2 Å². The molecule has 0 aliphatic carbocycles. The quantitative estimate of drug-likeness (QED) is 0.878. The standard InChI is InChI=1S/C18H23N5O3/c1-4-19-18(25)20-14-5-6-16-13(10-14)11-23(7-8-26-16)17(24)15-9-12(2)22(3)21-15/h5-6,9-10H,4,7-8,11H2,1-3H3,(H2,19,20,25). The molecular formula is C18H23N5O3. The van der Waals surface area contributed by atoms with Crippen LogP contribution >= 0.6 is 0 Å².